The molecule has 0 radical (unpaired) electrons. The Morgan fingerprint density at radius 1 is 1.07 bits per heavy atom. The van der Waals surface area contributed by atoms with Crippen LogP contribution in [0.1, 0.15) is 68.1 Å². The van der Waals surface area contributed by atoms with Crippen LogP contribution in [0.2, 0.25) is 0 Å². The number of aromatic hydroxyl groups is 1. The Labute approximate surface area is 173 Å². The number of nitrogens with one attached hydrogen (secondary N) is 3. The van der Waals surface area contributed by atoms with Gasteiger partial charge in [0.2, 0.25) is 5.91 Å². The molecule has 3 aliphatic carbocycles. The summed E-state index contributed by atoms with van der Waals surface area (Å²) >= 11 is 0. The molecule has 1 amide bonds. The molecule has 0 heterocycles. The van der Waals surface area contributed by atoms with Crippen molar-refractivity contribution in [2.24, 2.45) is 10.9 Å². The Hall–Kier alpha value is -2.24. The molecular formula is C23H34N4O2. The largest absolute Gasteiger partial charge is 0.508 e. The van der Waals surface area contributed by atoms with E-state index in [2.05, 4.69) is 27.0 Å². The van der Waals surface area contributed by atoms with E-state index in [0.717, 1.165) is 62.9 Å². The second-order valence-electron chi connectivity index (χ2n) is 8.82. The minimum Gasteiger partial charge on any atom is -0.508 e. The van der Waals surface area contributed by atoms with Gasteiger partial charge in [0.15, 0.2) is 5.96 Å². The lowest BCUT2D eigenvalue weighted by molar-refractivity contribution is -0.126. The van der Waals surface area contributed by atoms with Gasteiger partial charge < -0.3 is 21.1 Å². The van der Waals surface area contributed by atoms with Gasteiger partial charge >= 0.3 is 0 Å². The molecule has 6 nitrogen and oxygen atoms in total. The molecule has 0 saturated heterocycles. The van der Waals surface area contributed by atoms with Crippen molar-refractivity contribution >= 4 is 11.9 Å². The number of rotatable bonds is 5. The van der Waals surface area contributed by atoms with E-state index in [-0.39, 0.29) is 17.9 Å². The van der Waals surface area contributed by atoms with Gasteiger partial charge in [0.1, 0.15) is 5.75 Å². The fourth-order valence-corrected chi connectivity index (χ4v) is 4.76. The molecule has 29 heavy (non-hydrogen) atoms. The van der Waals surface area contributed by atoms with Crippen LogP contribution in [0.5, 0.6) is 5.75 Å². The Morgan fingerprint density at radius 2 is 1.90 bits per heavy atom. The SMILES string of the molecule is CN=C(NCc1c(O)ccc2c1CCCC2)NC1CCCC(C(=O)NC2CC2)C1. The van der Waals surface area contributed by atoms with Crippen LogP contribution in [0.25, 0.3) is 0 Å². The third kappa shape index (κ3) is 5.03. The minimum absolute atomic E-state index is 0.102. The predicted molar refractivity (Wildman–Crippen MR) is 115 cm³/mol. The monoisotopic (exact) mass is 398 g/mol. The van der Waals surface area contributed by atoms with Crippen molar-refractivity contribution in [2.75, 3.05) is 7.05 Å². The minimum atomic E-state index is 0.102. The first-order valence-electron chi connectivity index (χ1n) is 11.2. The highest BCUT2D eigenvalue weighted by molar-refractivity contribution is 5.81. The topological polar surface area (TPSA) is 85.8 Å². The molecule has 0 aliphatic heterocycles. The van der Waals surface area contributed by atoms with E-state index in [1.807, 2.05) is 6.07 Å². The van der Waals surface area contributed by atoms with Crippen molar-refractivity contribution in [1.29, 1.82) is 0 Å². The smallest absolute Gasteiger partial charge is 0.223 e. The second kappa shape index (κ2) is 9.06. The van der Waals surface area contributed by atoms with E-state index in [9.17, 15) is 9.90 Å². The molecule has 3 aliphatic rings. The summed E-state index contributed by atoms with van der Waals surface area (Å²) in [4.78, 5) is 16.8. The summed E-state index contributed by atoms with van der Waals surface area (Å²) < 4.78 is 0. The van der Waals surface area contributed by atoms with Gasteiger partial charge in [-0.3, -0.25) is 9.79 Å². The lowest BCUT2D eigenvalue weighted by Gasteiger charge is -2.30. The van der Waals surface area contributed by atoms with Crippen LogP contribution in [0.3, 0.4) is 0 Å². The van der Waals surface area contributed by atoms with Crippen LogP contribution in [0, 0.1) is 5.92 Å². The van der Waals surface area contributed by atoms with E-state index >= 15 is 0 Å². The molecule has 0 spiro atoms. The van der Waals surface area contributed by atoms with Crippen LogP contribution in [-0.4, -0.2) is 36.1 Å². The van der Waals surface area contributed by atoms with Gasteiger partial charge in [-0.05, 0) is 75.0 Å². The Balaban J connectivity index is 1.33. The molecule has 1 aromatic carbocycles. The lowest BCUT2D eigenvalue weighted by atomic mass is 9.85. The highest BCUT2D eigenvalue weighted by atomic mass is 16.3. The fourth-order valence-electron chi connectivity index (χ4n) is 4.76. The summed E-state index contributed by atoms with van der Waals surface area (Å²) in [7, 11) is 1.77. The number of nitrogens with zero attached hydrogens (tertiary/aromatic N) is 1. The van der Waals surface area contributed by atoms with Gasteiger partial charge in [0.25, 0.3) is 0 Å². The Bertz CT molecular complexity index is 772. The third-order valence-corrected chi connectivity index (χ3v) is 6.59. The molecule has 1 aromatic rings. The number of guanidine groups is 1. The fraction of sp³-hybridized carbons (Fsp3) is 0.652. The molecule has 6 heteroatoms. The van der Waals surface area contributed by atoms with Crippen molar-refractivity contribution in [3.8, 4) is 5.75 Å². The summed E-state index contributed by atoms with van der Waals surface area (Å²) in [6.45, 7) is 0.562. The summed E-state index contributed by atoms with van der Waals surface area (Å²) in [6.07, 6.45) is 10.8. The van der Waals surface area contributed by atoms with E-state index in [1.54, 1.807) is 7.05 Å². The van der Waals surface area contributed by atoms with E-state index in [1.165, 1.54) is 24.0 Å². The number of carbonyl (C=O) groups is 1. The van der Waals surface area contributed by atoms with Crippen molar-refractivity contribution in [3.63, 3.8) is 0 Å². The number of phenolic OH excluding ortho intramolecular Hbond substituents is 1. The van der Waals surface area contributed by atoms with Gasteiger partial charge in [0.05, 0.1) is 0 Å². The third-order valence-electron chi connectivity index (χ3n) is 6.59. The van der Waals surface area contributed by atoms with Gasteiger partial charge in [-0.2, -0.15) is 0 Å². The van der Waals surface area contributed by atoms with Crippen LogP contribution in [-0.2, 0) is 24.2 Å². The van der Waals surface area contributed by atoms with Gasteiger partial charge in [-0.25, -0.2) is 0 Å². The van der Waals surface area contributed by atoms with E-state index < -0.39 is 0 Å². The van der Waals surface area contributed by atoms with E-state index in [0.29, 0.717) is 18.3 Å². The van der Waals surface area contributed by atoms with Crippen molar-refractivity contribution in [1.82, 2.24) is 16.0 Å². The molecule has 4 rings (SSSR count). The zero-order valence-electron chi connectivity index (χ0n) is 17.5. The lowest BCUT2D eigenvalue weighted by Crippen LogP contribution is -2.47. The van der Waals surface area contributed by atoms with Crippen molar-refractivity contribution in [3.05, 3.63) is 28.8 Å². The highest BCUT2D eigenvalue weighted by Crippen LogP contribution is 2.30. The number of hydrogen-bond donors (Lipinski definition) is 4. The van der Waals surface area contributed by atoms with Crippen LogP contribution in [0.15, 0.2) is 17.1 Å². The number of amides is 1. The van der Waals surface area contributed by atoms with Crippen LogP contribution < -0.4 is 16.0 Å². The molecule has 0 bridgehead atoms. The highest BCUT2D eigenvalue weighted by Gasteiger charge is 2.31. The number of aliphatic imine (C=N–C) groups is 1. The molecule has 0 aromatic heterocycles. The van der Waals surface area contributed by atoms with E-state index in [4.69, 9.17) is 0 Å². The Morgan fingerprint density at radius 3 is 2.69 bits per heavy atom. The normalized spacial score (nSPS) is 24.5. The molecule has 4 N–H and O–H groups in total. The quantitative estimate of drug-likeness (QED) is 0.454. The number of carbonyl (C=O) groups excluding carboxylic acids is 1. The van der Waals surface area contributed by atoms with Crippen LogP contribution in [0.4, 0.5) is 0 Å². The zero-order valence-corrected chi connectivity index (χ0v) is 17.5. The molecule has 158 valence electrons. The first kappa shape index (κ1) is 20.0. The zero-order chi connectivity index (χ0) is 20.2. The molecule has 2 saturated carbocycles. The second-order valence-corrected chi connectivity index (χ2v) is 8.82. The molecular weight excluding hydrogens is 364 g/mol. The van der Waals surface area contributed by atoms with Crippen molar-refractivity contribution < 1.29 is 9.90 Å². The molecule has 2 unspecified atom stereocenters. The van der Waals surface area contributed by atoms with Crippen LogP contribution >= 0.6 is 0 Å². The maximum Gasteiger partial charge on any atom is 0.223 e. The summed E-state index contributed by atoms with van der Waals surface area (Å²) in [5.74, 6) is 1.43. The number of aryl methyl sites for hydroxylation is 1. The summed E-state index contributed by atoms with van der Waals surface area (Å²) in [6, 6.07) is 4.56. The average Bonchev–Trinajstić information content (AvgIpc) is 3.56. The van der Waals surface area contributed by atoms with Gasteiger partial charge in [0, 0.05) is 37.2 Å². The molecule has 2 atom stereocenters. The summed E-state index contributed by atoms with van der Waals surface area (Å²) in [5.41, 5.74) is 3.66. The molecule has 2 fully saturated rings. The first-order valence-corrected chi connectivity index (χ1v) is 11.2. The number of benzene rings is 1. The van der Waals surface area contributed by atoms with Gasteiger partial charge in [-0.15, -0.1) is 0 Å². The summed E-state index contributed by atoms with van der Waals surface area (Å²) in [5, 5.41) is 20.4. The van der Waals surface area contributed by atoms with Gasteiger partial charge in [-0.1, -0.05) is 12.5 Å². The average molecular weight is 399 g/mol. The van der Waals surface area contributed by atoms with Crippen molar-refractivity contribution in [2.45, 2.75) is 82.8 Å². The number of fused-ring (bicyclic) bond motifs is 1. The standard InChI is InChI=1S/C23H34N4O2/c1-24-23(25-14-20-19-8-3-2-5-15(19)9-12-21(20)28)27-18-7-4-6-16(13-18)22(29)26-17-10-11-17/h9,12,16-18,28H,2-8,10-11,13-14H2,1H3,(H,26,29)(H2,24,25,27). The predicted octanol–water partition coefficient (Wildman–Crippen LogP) is 2.77. The first-order chi connectivity index (χ1) is 14.1. The number of hydrogen-bond acceptors (Lipinski definition) is 3. The Kier molecular flexibility index (Phi) is 6.26. The maximum absolute atomic E-state index is 12.4. The number of phenols is 1. The maximum atomic E-state index is 12.4.